The Morgan fingerprint density at radius 3 is 2.79 bits per heavy atom. The fourth-order valence-corrected chi connectivity index (χ4v) is 2.10. The summed E-state index contributed by atoms with van der Waals surface area (Å²) in [7, 11) is 1.33. The molecule has 2 rings (SSSR count). The highest BCUT2D eigenvalue weighted by Crippen LogP contribution is 2.28. The number of nitrogens with zero attached hydrogens (tertiary/aromatic N) is 1. The number of aromatic amines is 1. The summed E-state index contributed by atoms with van der Waals surface area (Å²) in [5.41, 5.74) is 1.88. The van der Waals surface area contributed by atoms with Crippen LogP contribution in [0.15, 0.2) is 36.5 Å². The lowest BCUT2D eigenvalue weighted by Gasteiger charge is -2.16. The van der Waals surface area contributed by atoms with Crippen molar-refractivity contribution in [3.05, 3.63) is 52.8 Å². The van der Waals surface area contributed by atoms with Gasteiger partial charge in [-0.1, -0.05) is 41.9 Å². The van der Waals surface area contributed by atoms with Crippen LogP contribution in [-0.2, 0) is 4.74 Å². The van der Waals surface area contributed by atoms with E-state index in [-0.39, 0.29) is 5.92 Å². The van der Waals surface area contributed by atoms with E-state index in [2.05, 4.69) is 20.3 Å². The van der Waals surface area contributed by atoms with Gasteiger partial charge in [0.25, 0.3) is 0 Å². The van der Waals surface area contributed by atoms with Gasteiger partial charge in [0, 0.05) is 18.0 Å². The van der Waals surface area contributed by atoms with Crippen LogP contribution >= 0.6 is 11.6 Å². The van der Waals surface area contributed by atoms with E-state index in [0.717, 1.165) is 11.1 Å². The minimum Gasteiger partial charge on any atom is -0.453 e. The summed E-state index contributed by atoms with van der Waals surface area (Å²) in [5.74, 6) is -0.0773. The zero-order valence-corrected chi connectivity index (χ0v) is 11.1. The smallest absolute Gasteiger partial charge is 0.406 e. The van der Waals surface area contributed by atoms with E-state index in [9.17, 15) is 4.79 Å². The Hall–Kier alpha value is -2.01. The second kappa shape index (κ2) is 6.24. The van der Waals surface area contributed by atoms with Crippen LogP contribution in [0.25, 0.3) is 0 Å². The summed E-state index contributed by atoms with van der Waals surface area (Å²) in [6.07, 6.45) is 1.19. The number of halogens is 1. The Morgan fingerprint density at radius 2 is 2.21 bits per heavy atom. The van der Waals surface area contributed by atoms with Gasteiger partial charge in [-0.25, -0.2) is 4.79 Å². The fraction of sp³-hybridized carbons (Fsp3) is 0.231. The molecule has 0 bridgehead atoms. The van der Waals surface area contributed by atoms with E-state index in [1.165, 1.54) is 7.11 Å². The summed E-state index contributed by atoms with van der Waals surface area (Å²) >= 11 is 6.07. The Morgan fingerprint density at radius 1 is 1.47 bits per heavy atom. The van der Waals surface area contributed by atoms with Crippen molar-refractivity contribution in [3.8, 4) is 0 Å². The van der Waals surface area contributed by atoms with Crippen molar-refractivity contribution >= 4 is 17.7 Å². The molecule has 6 heteroatoms. The lowest BCUT2D eigenvalue weighted by molar-refractivity contribution is 0.170. The van der Waals surface area contributed by atoms with E-state index in [1.807, 2.05) is 30.3 Å². The van der Waals surface area contributed by atoms with E-state index in [0.29, 0.717) is 11.7 Å². The maximum atomic E-state index is 11.2. The molecule has 2 N–H and O–H groups in total. The number of carbonyl (C=O) groups is 1. The molecule has 19 heavy (non-hydrogen) atoms. The lowest BCUT2D eigenvalue weighted by Crippen LogP contribution is -2.28. The van der Waals surface area contributed by atoms with Crippen LogP contribution in [0.2, 0.25) is 5.15 Å². The molecule has 1 unspecified atom stereocenters. The third-order valence-electron chi connectivity index (χ3n) is 2.83. The Bertz CT molecular complexity index is 542. The molecule has 1 atom stereocenters. The van der Waals surface area contributed by atoms with Crippen molar-refractivity contribution in [2.24, 2.45) is 0 Å². The molecule has 100 valence electrons. The highest BCUT2D eigenvalue weighted by molar-refractivity contribution is 6.30. The molecular formula is C13H14ClN3O2. The first kappa shape index (κ1) is 13.4. The molecule has 0 saturated carbocycles. The zero-order valence-electron chi connectivity index (χ0n) is 10.4. The topological polar surface area (TPSA) is 67.0 Å². The number of rotatable bonds is 4. The Kier molecular flexibility index (Phi) is 4.41. The zero-order chi connectivity index (χ0) is 13.7. The number of methoxy groups -OCH3 is 1. The van der Waals surface area contributed by atoms with Crippen LogP contribution < -0.4 is 5.32 Å². The molecule has 0 spiro atoms. The van der Waals surface area contributed by atoms with Crippen LogP contribution in [-0.4, -0.2) is 29.9 Å². The normalized spacial score (nSPS) is 11.9. The number of amides is 1. The standard InChI is InChI=1S/C13H14ClN3O2/c1-19-13(18)15-7-10(9-5-3-2-4-6-9)11-8-16-17-12(11)14/h2-6,8,10H,7H2,1H3,(H,15,18)(H,16,17). The molecule has 2 aromatic rings. The van der Waals surface area contributed by atoms with Gasteiger partial charge in [-0.05, 0) is 5.56 Å². The summed E-state index contributed by atoms with van der Waals surface area (Å²) in [6.45, 7) is 0.385. The molecule has 0 aliphatic heterocycles. The first-order chi connectivity index (χ1) is 9.22. The largest absolute Gasteiger partial charge is 0.453 e. The van der Waals surface area contributed by atoms with Crippen LogP contribution in [0.1, 0.15) is 17.0 Å². The average molecular weight is 280 g/mol. The SMILES string of the molecule is COC(=O)NCC(c1ccccc1)c1cn[nH]c1Cl. The predicted molar refractivity (Wildman–Crippen MR) is 72.3 cm³/mol. The van der Waals surface area contributed by atoms with E-state index in [1.54, 1.807) is 6.20 Å². The highest BCUT2D eigenvalue weighted by Gasteiger charge is 2.19. The van der Waals surface area contributed by atoms with E-state index >= 15 is 0 Å². The second-order valence-electron chi connectivity index (χ2n) is 3.98. The van der Waals surface area contributed by atoms with Crippen LogP contribution in [0, 0.1) is 0 Å². The number of carbonyl (C=O) groups excluding carboxylic acids is 1. The fourth-order valence-electron chi connectivity index (χ4n) is 1.87. The van der Waals surface area contributed by atoms with Gasteiger partial charge < -0.3 is 10.1 Å². The number of alkyl carbamates (subject to hydrolysis) is 1. The molecule has 5 nitrogen and oxygen atoms in total. The summed E-state index contributed by atoms with van der Waals surface area (Å²) in [4.78, 5) is 11.2. The van der Waals surface area contributed by atoms with Gasteiger partial charge in [0.1, 0.15) is 5.15 Å². The third kappa shape index (κ3) is 3.26. The molecule has 0 radical (unpaired) electrons. The molecule has 0 aliphatic carbocycles. The number of nitrogens with one attached hydrogen (secondary N) is 2. The van der Waals surface area contributed by atoms with Crippen molar-refractivity contribution in [3.63, 3.8) is 0 Å². The van der Waals surface area contributed by atoms with Gasteiger partial charge >= 0.3 is 6.09 Å². The van der Waals surface area contributed by atoms with Crippen molar-refractivity contribution in [2.45, 2.75) is 5.92 Å². The van der Waals surface area contributed by atoms with Crippen molar-refractivity contribution in [1.29, 1.82) is 0 Å². The number of aromatic nitrogens is 2. The van der Waals surface area contributed by atoms with E-state index < -0.39 is 6.09 Å². The van der Waals surface area contributed by atoms with Crippen molar-refractivity contribution in [2.75, 3.05) is 13.7 Å². The molecule has 1 aromatic carbocycles. The minimum absolute atomic E-state index is 0.0773. The molecule has 0 saturated heterocycles. The van der Waals surface area contributed by atoms with Gasteiger partial charge in [-0.15, -0.1) is 0 Å². The number of hydrogen-bond acceptors (Lipinski definition) is 3. The Labute approximate surface area is 115 Å². The average Bonchev–Trinajstić information content (AvgIpc) is 2.86. The van der Waals surface area contributed by atoms with Crippen LogP contribution in [0.3, 0.4) is 0 Å². The monoisotopic (exact) mass is 279 g/mol. The maximum absolute atomic E-state index is 11.2. The number of ether oxygens (including phenoxy) is 1. The molecule has 1 heterocycles. The van der Waals surface area contributed by atoms with Gasteiger partial charge in [0.05, 0.1) is 13.3 Å². The van der Waals surface area contributed by atoms with Crippen LogP contribution in [0.5, 0.6) is 0 Å². The molecule has 0 fully saturated rings. The summed E-state index contributed by atoms with van der Waals surface area (Å²) in [6, 6.07) is 9.77. The van der Waals surface area contributed by atoms with Gasteiger partial charge in [-0.3, -0.25) is 5.10 Å². The number of hydrogen-bond donors (Lipinski definition) is 2. The molecular weight excluding hydrogens is 266 g/mol. The summed E-state index contributed by atoms with van der Waals surface area (Å²) in [5, 5.41) is 9.76. The minimum atomic E-state index is -0.472. The number of benzene rings is 1. The molecule has 0 aliphatic rings. The first-order valence-corrected chi connectivity index (χ1v) is 6.15. The van der Waals surface area contributed by atoms with Gasteiger partial charge in [0.2, 0.25) is 0 Å². The molecule has 1 amide bonds. The van der Waals surface area contributed by atoms with Crippen molar-refractivity contribution < 1.29 is 9.53 Å². The quantitative estimate of drug-likeness (QED) is 0.904. The predicted octanol–water partition coefficient (Wildman–Crippen LogP) is 2.55. The lowest BCUT2D eigenvalue weighted by atomic mass is 9.93. The van der Waals surface area contributed by atoms with Crippen LogP contribution in [0.4, 0.5) is 4.79 Å². The molecule has 1 aromatic heterocycles. The van der Waals surface area contributed by atoms with Gasteiger partial charge in [0.15, 0.2) is 0 Å². The summed E-state index contributed by atoms with van der Waals surface area (Å²) < 4.78 is 4.58. The third-order valence-corrected chi connectivity index (χ3v) is 3.14. The van der Waals surface area contributed by atoms with Gasteiger partial charge in [-0.2, -0.15) is 5.10 Å². The number of H-pyrrole nitrogens is 1. The maximum Gasteiger partial charge on any atom is 0.406 e. The first-order valence-electron chi connectivity index (χ1n) is 5.78. The Balaban J connectivity index is 2.24. The second-order valence-corrected chi connectivity index (χ2v) is 4.35. The highest BCUT2D eigenvalue weighted by atomic mass is 35.5. The van der Waals surface area contributed by atoms with Crippen molar-refractivity contribution in [1.82, 2.24) is 15.5 Å². The van der Waals surface area contributed by atoms with E-state index in [4.69, 9.17) is 11.6 Å².